The average molecular weight is 308 g/mol. The van der Waals surface area contributed by atoms with E-state index in [-0.39, 0.29) is 10.6 Å². The van der Waals surface area contributed by atoms with Crippen LogP contribution in [-0.4, -0.2) is 15.5 Å². The normalized spacial score (nSPS) is 11.1. The lowest BCUT2D eigenvalue weighted by atomic mass is 10.2. The van der Waals surface area contributed by atoms with Gasteiger partial charge in [-0.2, -0.15) is 0 Å². The molecule has 6 nitrogen and oxygen atoms in total. The van der Waals surface area contributed by atoms with Crippen LogP contribution < -0.4 is 20.3 Å². The summed E-state index contributed by atoms with van der Waals surface area (Å²) in [5.74, 6) is 1.20. The van der Waals surface area contributed by atoms with E-state index in [4.69, 9.17) is 20.3 Å². The molecule has 0 spiro atoms. The van der Waals surface area contributed by atoms with Gasteiger partial charge in [-0.05, 0) is 29.8 Å². The van der Waals surface area contributed by atoms with Gasteiger partial charge in [0.25, 0.3) is 0 Å². The minimum atomic E-state index is -3.82. The minimum absolute atomic E-state index is 0.0562. The topological polar surface area (TPSA) is 105 Å². The molecule has 2 aromatic carbocycles. The van der Waals surface area contributed by atoms with Gasteiger partial charge in [0.1, 0.15) is 23.0 Å². The van der Waals surface area contributed by atoms with E-state index < -0.39 is 10.0 Å². The quantitative estimate of drug-likeness (QED) is 0.814. The molecule has 0 atom stereocenters. The molecule has 112 valence electrons. The van der Waals surface area contributed by atoms with Crippen molar-refractivity contribution in [2.24, 2.45) is 5.14 Å². The molecule has 0 saturated carbocycles. The lowest BCUT2D eigenvalue weighted by Gasteiger charge is -2.10. The maximum absolute atomic E-state index is 11.3. The van der Waals surface area contributed by atoms with Crippen molar-refractivity contribution in [1.82, 2.24) is 0 Å². The smallest absolute Gasteiger partial charge is 0.240 e. The van der Waals surface area contributed by atoms with Crippen molar-refractivity contribution in [1.29, 1.82) is 0 Å². The van der Waals surface area contributed by atoms with Crippen molar-refractivity contribution in [3.63, 3.8) is 0 Å². The number of ether oxygens (including phenoxy) is 2. The summed E-state index contributed by atoms with van der Waals surface area (Å²) >= 11 is 0. The zero-order chi connectivity index (χ0) is 15.5. The Morgan fingerprint density at radius 2 is 1.86 bits per heavy atom. The monoisotopic (exact) mass is 308 g/mol. The van der Waals surface area contributed by atoms with Crippen molar-refractivity contribution in [2.75, 3.05) is 12.8 Å². The summed E-state index contributed by atoms with van der Waals surface area (Å²) in [4.78, 5) is -0.115. The molecule has 4 N–H and O–H groups in total. The van der Waals surface area contributed by atoms with Crippen molar-refractivity contribution in [2.45, 2.75) is 11.5 Å². The molecule has 0 aliphatic heterocycles. The molecule has 0 fully saturated rings. The molecule has 0 aliphatic rings. The minimum Gasteiger partial charge on any atom is -0.497 e. The zero-order valence-electron chi connectivity index (χ0n) is 11.4. The van der Waals surface area contributed by atoms with Crippen LogP contribution in [0, 0.1) is 0 Å². The molecule has 2 aromatic rings. The Hall–Kier alpha value is -2.25. The molecule has 0 saturated heterocycles. The Labute approximate surface area is 123 Å². The first-order valence-electron chi connectivity index (χ1n) is 6.08. The highest BCUT2D eigenvalue weighted by atomic mass is 32.2. The van der Waals surface area contributed by atoms with Crippen molar-refractivity contribution in [3.05, 3.63) is 48.0 Å². The average Bonchev–Trinajstić information content (AvgIpc) is 2.44. The SMILES string of the molecule is COc1cccc(COc2ccc(S(N)(=O)=O)c(N)c2)c1. The number of sulfonamides is 1. The van der Waals surface area contributed by atoms with Crippen LogP contribution in [0.1, 0.15) is 5.56 Å². The largest absolute Gasteiger partial charge is 0.497 e. The van der Waals surface area contributed by atoms with Gasteiger partial charge in [-0.15, -0.1) is 0 Å². The molecule has 0 bridgehead atoms. The molecule has 7 heteroatoms. The summed E-state index contributed by atoms with van der Waals surface area (Å²) in [5, 5.41) is 5.04. The highest BCUT2D eigenvalue weighted by Crippen LogP contribution is 2.24. The first kappa shape index (κ1) is 15.1. The van der Waals surface area contributed by atoms with Gasteiger partial charge >= 0.3 is 0 Å². The van der Waals surface area contributed by atoms with Gasteiger partial charge in [0.15, 0.2) is 0 Å². The third-order valence-corrected chi connectivity index (χ3v) is 3.81. The van der Waals surface area contributed by atoms with Crippen LogP contribution in [0.5, 0.6) is 11.5 Å². The first-order chi connectivity index (χ1) is 9.90. The summed E-state index contributed by atoms with van der Waals surface area (Å²) in [6.07, 6.45) is 0. The number of anilines is 1. The molecule has 0 unspecified atom stereocenters. The van der Waals surface area contributed by atoms with E-state index in [1.54, 1.807) is 7.11 Å². The molecule has 2 rings (SSSR count). The number of rotatable bonds is 5. The van der Waals surface area contributed by atoms with E-state index in [1.807, 2.05) is 24.3 Å². The Morgan fingerprint density at radius 1 is 1.10 bits per heavy atom. The third kappa shape index (κ3) is 3.87. The van der Waals surface area contributed by atoms with Crippen LogP contribution >= 0.6 is 0 Å². The van der Waals surface area contributed by atoms with Gasteiger partial charge in [-0.3, -0.25) is 0 Å². The maximum atomic E-state index is 11.3. The van der Waals surface area contributed by atoms with Crippen molar-refractivity contribution in [3.8, 4) is 11.5 Å². The molecule has 0 radical (unpaired) electrons. The Kier molecular flexibility index (Phi) is 4.35. The number of nitrogen functional groups attached to an aromatic ring is 1. The van der Waals surface area contributed by atoms with E-state index >= 15 is 0 Å². The van der Waals surface area contributed by atoms with Crippen LogP contribution in [0.3, 0.4) is 0 Å². The fourth-order valence-corrected chi connectivity index (χ4v) is 2.45. The van der Waals surface area contributed by atoms with Gasteiger partial charge < -0.3 is 15.2 Å². The zero-order valence-corrected chi connectivity index (χ0v) is 12.3. The van der Waals surface area contributed by atoms with E-state index in [0.29, 0.717) is 12.4 Å². The second kappa shape index (κ2) is 6.02. The van der Waals surface area contributed by atoms with E-state index in [2.05, 4.69) is 0 Å². The van der Waals surface area contributed by atoms with Crippen molar-refractivity contribution < 1.29 is 17.9 Å². The lowest BCUT2D eigenvalue weighted by molar-refractivity contribution is 0.305. The Balaban J connectivity index is 2.12. The fourth-order valence-electron chi connectivity index (χ4n) is 1.80. The molecule has 0 heterocycles. The molecular formula is C14H16N2O4S. The number of hydrogen-bond donors (Lipinski definition) is 2. The highest BCUT2D eigenvalue weighted by molar-refractivity contribution is 7.89. The number of methoxy groups -OCH3 is 1. The van der Waals surface area contributed by atoms with Gasteiger partial charge in [0, 0.05) is 6.07 Å². The number of nitrogens with two attached hydrogens (primary N) is 2. The van der Waals surface area contributed by atoms with Crippen molar-refractivity contribution >= 4 is 15.7 Å². The Morgan fingerprint density at radius 3 is 2.48 bits per heavy atom. The maximum Gasteiger partial charge on any atom is 0.240 e. The summed E-state index contributed by atoms with van der Waals surface area (Å²) in [5.41, 5.74) is 6.64. The first-order valence-corrected chi connectivity index (χ1v) is 7.63. The Bertz CT molecular complexity index is 744. The van der Waals surface area contributed by atoms with E-state index in [1.165, 1.54) is 18.2 Å². The van der Waals surface area contributed by atoms with Crippen LogP contribution in [0.25, 0.3) is 0 Å². The summed E-state index contributed by atoms with van der Waals surface area (Å²) in [6.45, 7) is 0.311. The second-order valence-electron chi connectivity index (χ2n) is 4.38. The molecule has 21 heavy (non-hydrogen) atoms. The third-order valence-electron chi connectivity index (χ3n) is 2.83. The van der Waals surface area contributed by atoms with Gasteiger partial charge in [0.05, 0.1) is 12.8 Å². The van der Waals surface area contributed by atoms with Gasteiger partial charge in [-0.1, -0.05) is 12.1 Å². The van der Waals surface area contributed by atoms with Crippen LogP contribution in [-0.2, 0) is 16.6 Å². The van der Waals surface area contributed by atoms with E-state index in [9.17, 15) is 8.42 Å². The standard InChI is InChI=1S/C14H16N2O4S/c1-19-11-4-2-3-10(7-11)9-20-12-5-6-14(13(15)8-12)21(16,17)18/h2-8H,9,15H2,1H3,(H2,16,17,18). The second-order valence-corrected chi connectivity index (χ2v) is 5.91. The predicted octanol–water partition coefficient (Wildman–Crippen LogP) is 1.50. The highest BCUT2D eigenvalue weighted by Gasteiger charge is 2.12. The van der Waals surface area contributed by atoms with Crippen LogP contribution in [0.15, 0.2) is 47.4 Å². The molecule has 0 amide bonds. The molecule has 0 aromatic heterocycles. The number of hydrogen-bond acceptors (Lipinski definition) is 5. The van der Waals surface area contributed by atoms with E-state index in [0.717, 1.165) is 11.3 Å². The van der Waals surface area contributed by atoms with Crippen LogP contribution in [0.4, 0.5) is 5.69 Å². The lowest BCUT2D eigenvalue weighted by Crippen LogP contribution is -2.14. The number of primary sulfonamides is 1. The number of benzene rings is 2. The fraction of sp³-hybridized carbons (Fsp3) is 0.143. The molecule has 0 aliphatic carbocycles. The summed E-state index contributed by atoms with van der Waals surface area (Å²) < 4.78 is 33.2. The van der Waals surface area contributed by atoms with Crippen LogP contribution in [0.2, 0.25) is 0 Å². The van der Waals surface area contributed by atoms with Gasteiger partial charge in [0.2, 0.25) is 10.0 Å². The van der Waals surface area contributed by atoms with Gasteiger partial charge in [-0.25, -0.2) is 13.6 Å². The molecular weight excluding hydrogens is 292 g/mol. The predicted molar refractivity (Wildman–Crippen MR) is 79.6 cm³/mol. The summed E-state index contributed by atoms with van der Waals surface area (Å²) in [7, 11) is -2.23. The summed E-state index contributed by atoms with van der Waals surface area (Å²) in [6, 6.07) is 11.7.